The Kier molecular flexibility index (Phi) is 3.68. The standard InChI is InChI=1S/C12H10N2O5S/c15-9-3-6-11(12(16)7-9)14-13-8-1-4-10(5-2-8)20(17,18)19/h1-7,15-16H,(H,17,18,19)/p-1. The lowest BCUT2D eigenvalue weighted by Gasteiger charge is -2.05. The van der Waals surface area contributed by atoms with Crippen molar-refractivity contribution in [1.82, 2.24) is 0 Å². The normalized spacial score (nSPS) is 11.8. The van der Waals surface area contributed by atoms with E-state index in [9.17, 15) is 18.1 Å². The smallest absolute Gasteiger partial charge is 0.146 e. The summed E-state index contributed by atoms with van der Waals surface area (Å²) in [6.45, 7) is 0. The third kappa shape index (κ3) is 3.31. The first-order chi connectivity index (χ1) is 9.36. The van der Waals surface area contributed by atoms with Crippen LogP contribution in [0.3, 0.4) is 0 Å². The SMILES string of the molecule is O=S(=O)([O-])c1ccc(N=Nc2ccc(O)cc2O)cc1. The van der Waals surface area contributed by atoms with Gasteiger partial charge in [-0.15, -0.1) is 5.11 Å². The second-order valence-corrected chi connectivity index (χ2v) is 5.20. The number of phenolic OH excluding ortho intramolecular Hbond substituents is 2. The van der Waals surface area contributed by atoms with Gasteiger partial charge in [0.1, 0.15) is 27.3 Å². The second-order valence-electron chi connectivity index (χ2n) is 3.82. The molecular weight excluding hydrogens is 284 g/mol. The Hall–Kier alpha value is -2.45. The molecule has 0 aromatic heterocycles. The van der Waals surface area contributed by atoms with Crippen LogP contribution < -0.4 is 0 Å². The highest BCUT2D eigenvalue weighted by Crippen LogP contribution is 2.31. The highest BCUT2D eigenvalue weighted by molar-refractivity contribution is 7.85. The fourth-order valence-corrected chi connectivity index (χ4v) is 1.86. The van der Waals surface area contributed by atoms with Crippen molar-refractivity contribution in [3.63, 3.8) is 0 Å². The molecule has 0 bridgehead atoms. The molecule has 2 rings (SSSR count). The monoisotopic (exact) mass is 293 g/mol. The Morgan fingerprint density at radius 1 is 0.950 bits per heavy atom. The minimum absolute atomic E-state index is 0.105. The Morgan fingerprint density at radius 2 is 1.60 bits per heavy atom. The van der Waals surface area contributed by atoms with Crippen LogP contribution in [0.25, 0.3) is 0 Å². The Labute approximate surface area is 114 Å². The Balaban J connectivity index is 2.24. The lowest BCUT2D eigenvalue weighted by Crippen LogP contribution is -1.97. The maximum atomic E-state index is 10.7. The molecule has 2 N–H and O–H groups in total. The molecule has 8 heteroatoms. The van der Waals surface area contributed by atoms with E-state index in [0.717, 1.165) is 18.2 Å². The van der Waals surface area contributed by atoms with Gasteiger partial charge in [0.25, 0.3) is 0 Å². The molecule has 0 atom stereocenters. The number of benzene rings is 2. The lowest BCUT2D eigenvalue weighted by molar-refractivity contribution is 0.451. The van der Waals surface area contributed by atoms with Gasteiger partial charge in [-0.1, -0.05) is 0 Å². The van der Waals surface area contributed by atoms with Gasteiger partial charge in [-0.2, -0.15) is 5.11 Å². The predicted molar refractivity (Wildman–Crippen MR) is 68.4 cm³/mol. The van der Waals surface area contributed by atoms with Crippen LogP contribution in [0.2, 0.25) is 0 Å². The van der Waals surface area contributed by atoms with Gasteiger partial charge < -0.3 is 14.8 Å². The fraction of sp³-hybridized carbons (Fsp3) is 0. The quantitative estimate of drug-likeness (QED) is 0.664. The maximum absolute atomic E-state index is 10.7. The Morgan fingerprint density at radius 3 is 2.15 bits per heavy atom. The first kappa shape index (κ1) is 14.0. The number of rotatable bonds is 3. The molecule has 0 amide bonds. The maximum Gasteiger partial charge on any atom is 0.146 e. The largest absolute Gasteiger partial charge is 0.744 e. The van der Waals surface area contributed by atoms with Gasteiger partial charge in [0.05, 0.1) is 10.6 Å². The van der Waals surface area contributed by atoms with Crippen molar-refractivity contribution in [2.24, 2.45) is 10.2 Å². The van der Waals surface area contributed by atoms with E-state index in [2.05, 4.69) is 10.2 Å². The van der Waals surface area contributed by atoms with E-state index in [-0.39, 0.29) is 22.1 Å². The molecule has 20 heavy (non-hydrogen) atoms. The highest BCUT2D eigenvalue weighted by Gasteiger charge is 2.02. The molecule has 0 aliphatic heterocycles. The van der Waals surface area contributed by atoms with Crippen LogP contribution in [0.5, 0.6) is 11.5 Å². The zero-order valence-corrected chi connectivity index (χ0v) is 10.8. The van der Waals surface area contributed by atoms with Gasteiger partial charge in [-0.3, -0.25) is 0 Å². The molecule has 2 aromatic carbocycles. The first-order valence-corrected chi connectivity index (χ1v) is 6.77. The zero-order valence-electron chi connectivity index (χ0n) is 9.96. The molecule has 0 aliphatic carbocycles. The lowest BCUT2D eigenvalue weighted by atomic mass is 10.3. The van der Waals surface area contributed by atoms with Crippen molar-refractivity contribution < 1.29 is 23.2 Å². The number of hydrogen-bond acceptors (Lipinski definition) is 7. The molecule has 0 heterocycles. The molecule has 0 saturated carbocycles. The number of hydrogen-bond donors (Lipinski definition) is 2. The van der Waals surface area contributed by atoms with Crippen molar-refractivity contribution in [3.8, 4) is 11.5 Å². The summed E-state index contributed by atoms with van der Waals surface area (Å²) in [4.78, 5) is -0.357. The summed E-state index contributed by atoms with van der Waals surface area (Å²) in [6.07, 6.45) is 0. The number of phenols is 2. The van der Waals surface area contributed by atoms with E-state index >= 15 is 0 Å². The van der Waals surface area contributed by atoms with Crippen molar-refractivity contribution in [2.75, 3.05) is 0 Å². The Bertz CT molecular complexity index is 754. The van der Waals surface area contributed by atoms with Crippen LogP contribution in [0.15, 0.2) is 57.6 Å². The van der Waals surface area contributed by atoms with Crippen LogP contribution in [0.4, 0.5) is 11.4 Å². The van der Waals surface area contributed by atoms with E-state index in [1.807, 2.05) is 0 Å². The fourth-order valence-electron chi connectivity index (χ4n) is 1.39. The molecule has 0 fully saturated rings. The van der Waals surface area contributed by atoms with Gasteiger partial charge in [-0.25, -0.2) is 8.42 Å². The number of azo groups is 1. The third-order valence-electron chi connectivity index (χ3n) is 2.36. The van der Waals surface area contributed by atoms with Crippen molar-refractivity contribution in [2.45, 2.75) is 4.90 Å². The number of aromatic hydroxyl groups is 2. The van der Waals surface area contributed by atoms with E-state index in [1.165, 1.54) is 24.3 Å². The molecular formula is C12H9N2O5S-. The highest BCUT2D eigenvalue weighted by atomic mass is 32.2. The van der Waals surface area contributed by atoms with E-state index in [1.54, 1.807) is 0 Å². The third-order valence-corrected chi connectivity index (χ3v) is 3.21. The summed E-state index contributed by atoms with van der Waals surface area (Å²) in [5.41, 5.74) is 0.452. The molecule has 7 nitrogen and oxygen atoms in total. The molecule has 0 aliphatic rings. The van der Waals surface area contributed by atoms with Gasteiger partial charge >= 0.3 is 0 Å². The minimum Gasteiger partial charge on any atom is -0.744 e. The van der Waals surface area contributed by atoms with Crippen molar-refractivity contribution in [3.05, 3.63) is 42.5 Å². The average Bonchev–Trinajstić information content (AvgIpc) is 2.37. The summed E-state index contributed by atoms with van der Waals surface area (Å²) >= 11 is 0. The average molecular weight is 293 g/mol. The van der Waals surface area contributed by atoms with Crippen LogP contribution >= 0.6 is 0 Å². The van der Waals surface area contributed by atoms with Crippen LogP contribution in [0, 0.1) is 0 Å². The first-order valence-electron chi connectivity index (χ1n) is 5.36. The molecule has 0 saturated heterocycles. The summed E-state index contributed by atoms with van der Waals surface area (Å²) in [5.74, 6) is -0.348. The summed E-state index contributed by atoms with van der Waals surface area (Å²) < 4.78 is 32.2. The van der Waals surface area contributed by atoms with Crippen LogP contribution in [-0.4, -0.2) is 23.2 Å². The summed E-state index contributed by atoms with van der Waals surface area (Å²) in [7, 11) is -4.49. The van der Waals surface area contributed by atoms with Gasteiger partial charge in [-0.05, 0) is 36.4 Å². The van der Waals surface area contributed by atoms with E-state index < -0.39 is 10.1 Å². The topological polar surface area (TPSA) is 122 Å². The summed E-state index contributed by atoms with van der Waals surface area (Å²) in [5, 5.41) is 26.1. The molecule has 104 valence electrons. The van der Waals surface area contributed by atoms with Gasteiger partial charge in [0.2, 0.25) is 0 Å². The molecule has 2 aromatic rings. The van der Waals surface area contributed by atoms with E-state index in [0.29, 0.717) is 5.69 Å². The zero-order chi connectivity index (χ0) is 14.8. The van der Waals surface area contributed by atoms with E-state index in [4.69, 9.17) is 5.11 Å². The van der Waals surface area contributed by atoms with Gasteiger partial charge in [0, 0.05) is 6.07 Å². The minimum atomic E-state index is -4.49. The predicted octanol–water partition coefficient (Wildman–Crippen LogP) is 2.42. The molecule has 0 spiro atoms. The van der Waals surface area contributed by atoms with Crippen LogP contribution in [-0.2, 0) is 10.1 Å². The second kappa shape index (κ2) is 5.27. The number of nitrogens with zero attached hydrogens (tertiary/aromatic N) is 2. The van der Waals surface area contributed by atoms with Crippen molar-refractivity contribution in [1.29, 1.82) is 0 Å². The van der Waals surface area contributed by atoms with Crippen molar-refractivity contribution >= 4 is 21.5 Å². The van der Waals surface area contributed by atoms with Crippen LogP contribution in [0.1, 0.15) is 0 Å². The molecule has 0 unspecified atom stereocenters. The van der Waals surface area contributed by atoms with Gasteiger partial charge in [0.15, 0.2) is 0 Å². The molecule has 0 radical (unpaired) electrons. The summed E-state index contributed by atoms with van der Waals surface area (Å²) in [6, 6.07) is 8.67.